The lowest BCUT2D eigenvalue weighted by molar-refractivity contribution is 0.0954. The van der Waals surface area contributed by atoms with Gasteiger partial charge in [0.15, 0.2) is 0 Å². The zero-order chi connectivity index (χ0) is 16.5. The average Bonchev–Trinajstić information content (AvgIpc) is 2.59. The molecule has 0 saturated carbocycles. The molecule has 0 saturated heterocycles. The SMILES string of the molecule is CCNCCNC(=O)c1cccnc1Nc1ccccc1OC. The smallest absolute Gasteiger partial charge is 0.255 e. The van der Waals surface area contributed by atoms with Crippen molar-refractivity contribution in [3.05, 3.63) is 48.2 Å². The van der Waals surface area contributed by atoms with Crippen LogP contribution < -0.4 is 20.7 Å². The molecule has 2 aromatic rings. The number of benzene rings is 1. The molecule has 1 amide bonds. The lowest BCUT2D eigenvalue weighted by Gasteiger charge is -2.13. The standard InChI is InChI=1S/C17H22N4O2/c1-3-18-11-12-20-17(22)13-7-6-10-19-16(13)21-14-8-4-5-9-15(14)23-2/h4-10,18H,3,11-12H2,1-2H3,(H,19,21)(H,20,22). The van der Waals surface area contributed by atoms with Crippen LogP contribution in [0.1, 0.15) is 17.3 Å². The van der Waals surface area contributed by atoms with Crippen molar-refractivity contribution in [1.29, 1.82) is 0 Å². The van der Waals surface area contributed by atoms with Gasteiger partial charge >= 0.3 is 0 Å². The van der Waals surface area contributed by atoms with Crippen LogP contribution in [0.25, 0.3) is 0 Å². The molecule has 6 nitrogen and oxygen atoms in total. The van der Waals surface area contributed by atoms with Gasteiger partial charge in [0.1, 0.15) is 11.6 Å². The molecule has 0 atom stereocenters. The number of aromatic nitrogens is 1. The molecular formula is C17H22N4O2. The highest BCUT2D eigenvalue weighted by molar-refractivity contribution is 5.99. The molecule has 0 bridgehead atoms. The third kappa shape index (κ3) is 4.69. The van der Waals surface area contributed by atoms with Gasteiger partial charge in [0.05, 0.1) is 18.4 Å². The number of amides is 1. The number of nitrogens with zero attached hydrogens (tertiary/aromatic N) is 1. The predicted octanol–water partition coefficient (Wildman–Crippen LogP) is 2.17. The maximum absolute atomic E-state index is 12.3. The Morgan fingerprint density at radius 2 is 2.00 bits per heavy atom. The summed E-state index contributed by atoms with van der Waals surface area (Å²) in [5, 5.41) is 9.20. The minimum atomic E-state index is -0.159. The van der Waals surface area contributed by atoms with Crippen LogP contribution in [-0.2, 0) is 0 Å². The molecule has 1 heterocycles. The third-order valence-electron chi connectivity index (χ3n) is 3.25. The second-order valence-electron chi connectivity index (χ2n) is 4.83. The van der Waals surface area contributed by atoms with E-state index in [2.05, 4.69) is 20.9 Å². The Morgan fingerprint density at radius 1 is 1.17 bits per heavy atom. The Hall–Kier alpha value is -2.60. The number of carbonyl (C=O) groups excluding carboxylic acids is 1. The average molecular weight is 314 g/mol. The van der Waals surface area contributed by atoms with Gasteiger partial charge in [0.25, 0.3) is 5.91 Å². The zero-order valence-electron chi connectivity index (χ0n) is 13.4. The number of methoxy groups -OCH3 is 1. The molecule has 0 spiro atoms. The molecule has 0 aliphatic carbocycles. The molecule has 6 heteroatoms. The first-order valence-corrected chi connectivity index (χ1v) is 7.60. The van der Waals surface area contributed by atoms with Gasteiger partial charge in [0.2, 0.25) is 0 Å². The lowest BCUT2D eigenvalue weighted by Crippen LogP contribution is -2.32. The topological polar surface area (TPSA) is 75.3 Å². The molecule has 0 radical (unpaired) electrons. The summed E-state index contributed by atoms with van der Waals surface area (Å²) in [4.78, 5) is 16.6. The fraction of sp³-hybridized carbons (Fsp3) is 0.294. The van der Waals surface area contributed by atoms with E-state index in [1.165, 1.54) is 0 Å². The zero-order valence-corrected chi connectivity index (χ0v) is 13.4. The Kier molecular flexibility index (Phi) is 6.38. The number of likely N-dealkylation sites (N-methyl/N-ethyl adjacent to an activating group) is 1. The summed E-state index contributed by atoms with van der Waals surface area (Å²) in [5.41, 5.74) is 1.25. The Labute approximate surface area is 136 Å². The number of pyridine rings is 1. The van der Waals surface area contributed by atoms with Crippen LogP contribution in [0.15, 0.2) is 42.6 Å². The van der Waals surface area contributed by atoms with Gasteiger partial charge in [-0.15, -0.1) is 0 Å². The predicted molar refractivity (Wildman–Crippen MR) is 91.4 cm³/mol. The summed E-state index contributed by atoms with van der Waals surface area (Å²) in [7, 11) is 1.60. The van der Waals surface area contributed by atoms with Crippen molar-refractivity contribution in [1.82, 2.24) is 15.6 Å². The fourth-order valence-electron chi connectivity index (χ4n) is 2.10. The number of hydrogen-bond acceptors (Lipinski definition) is 5. The van der Waals surface area contributed by atoms with Gasteiger partial charge in [-0.05, 0) is 30.8 Å². The number of para-hydroxylation sites is 2. The molecule has 2 rings (SSSR count). The largest absolute Gasteiger partial charge is 0.495 e. The Morgan fingerprint density at radius 3 is 2.78 bits per heavy atom. The van der Waals surface area contributed by atoms with E-state index in [0.29, 0.717) is 23.7 Å². The van der Waals surface area contributed by atoms with Crippen molar-refractivity contribution in [2.45, 2.75) is 6.92 Å². The number of rotatable bonds is 8. The van der Waals surface area contributed by atoms with Crippen LogP contribution in [0.2, 0.25) is 0 Å². The van der Waals surface area contributed by atoms with Crippen molar-refractivity contribution < 1.29 is 9.53 Å². The third-order valence-corrected chi connectivity index (χ3v) is 3.25. The van der Waals surface area contributed by atoms with E-state index in [0.717, 1.165) is 18.8 Å². The van der Waals surface area contributed by atoms with Crippen LogP contribution in [0.4, 0.5) is 11.5 Å². The van der Waals surface area contributed by atoms with Crippen molar-refractivity contribution in [2.24, 2.45) is 0 Å². The van der Waals surface area contributed by atoms with Gasteiger partial charge in [-0.1, -0.05) is 19.1 Å². The van der Waals surface area contributed by atoms with Crippen molar-refractivity contribution in [2.75, 3.05) is 32.1 Å². The maximum Gasteiger partial charge on any atom is 0.255 e. The number of ether oxygens (including phenoxy) is 1. The van der Waals surface area contributed by atoms with Crippen LogP contribution in [0.5, 0.6) is 5.75 Å². The number of nitrogens with one attached hydrogen (secondary N) is 3. The van der Waals surface area contributed by atoms with Crippen molar-refractivity contribution >= 4 is 17.4 Å². The normalized spacial score (nSPS) is 10.2. The molecule has 0 fully saturated rings. The van der Waals surface area contributed by atoms with E-state index in [1.807, 2.05) is 31.2 Å². The van der Waals surface area contributed by atoms with E-state index in [4.69, 9.17) is 4.74 Å². The van der Waals surface area contributed by atoms with Crippen molar-refractivity contribution in [3.8, 4) is 5.75 Å². The van der Waals surface area contributed by atoms with Crippen LogP contribution in [-0.4, -0.2) is 37.6 Å². The lowest BCUT2D eigenvalue weighted by atomic mass is 10.2. The van der Waals surface area contributed by atoms with Crippen LogP contribution >= 0.6 is 0 Å². The molecule has 1 aromatic carbocycles. The van der Waals surface area contributed by atoms with Gasteiger partial charge in [-0.25, -0.2) is 4.98 Å². The van der Waals surface area contributed by atoms with Gasteiger partial charge in [-0.2, -0.15) is 0 Å². The highest BCUT2D eigenvalue weighted by atomic mass is 16.5. The first-order chi connectivity index (χ1) is 11.3. The van der Waals surface area contributed by atoms with Gasteiger partial charge in [-0.3, -0.25) is 4.79 Å². The van der Waals surface area contributed by atoms with E-state index in [9.17, 15) is 4.79 Å². The van der Waals surface area contributed by atoms with Gasteiger partial charge < -0.3 is 20.7 Å². The Balaban J connectivity index is 2.12. The van der Waals surface area contributed by atoms with Crippen molar-refractivity contribution in [3.63, 3.8) is 0 Å². The molecule has 1 aromatic heterocycles. The molecule has 0 unspecified atom stereocenters. The maximum atomic E-state index is 12.3. The fourth-order valence-corrected chi connectivity index (χ4v) is 2.10. The minimum Gasteiger partial charge on any atom is -0.495 e. The summed E-state index contributed by atoms with van der Waals surface area (Å²) in [6.07, 6.45) is 1.65. The van der Waals surface area contributed by atoms with E-state index in [1.54, 1.807) is 25.4 Å². The first-order valence-electron chi connectivity index (χ1n) is 7.60. The first kappa shape index (κ1) is 16.8. The number of carbonyl (C=O) groups is 1. The van der Waals surface area contributed by atoms with Crippen LogP contribution in [0.3, 0.4) is 0 Å². The highest BCUT2D eigenvalue weighted by Crippen LogP contribution is 2.27. The molecular weight excluding hydrogens is 292 g/mol. The molecule has 3 N–H and O–H groups in total. The molecule has 0 aliphatic rings. The second kappa shape index (κ2) is 8.75. The van der Waals surface area contributed by atoms with E-state index >= 15 is 0 Å². The minimum absolute atomic E-state index is 0.159. The quantitative estimate of drug-likeness (QED) is 0.651. The summed E-state index contributed by atoms with van der Waals surface area (Å²) in [5.74, 6) is 1.03. The summed E-state index contributed by atoms with van der Waals surface area (Å²) in [6.45, 7) is 4.20. The number of anilines is 2. The molecule has 122 valence electrons. The Bertz CT molecular complexity index is 646. The van der Waals surface area contributed by atoms with E-state index < -0.39 is 0 Å². The highest BCUT2D eigenvalue weighted by Gasteiger charge is 2.13. The summed E-state index contributed by atoms with van der Waals surface area (Å²) < 4.78 is 5.31. The summed E-state index contributed by atoms with van der Waals surface area (Å²) >= 11 is 0. The van der Waals surface area contributed by atoms with Gasteiger partial charge in [0, 0.05) is 19.3 Å². The second-order valence-corrected chi connectivity index (χ2v) is 4.83. The molecule has 0 aliphatic heterocycles. The summed E-state index contributed by atoms with van der Waals surface area (Å²) in [6, 6.07) is 11.0. The van der Waals surface area contributed by atoms with E-state index in [-0.39, 0.29) is 5.91 Å². The number of hydrogen-bond donors (Lipinski definition) is 3. The monoisotopic (exact) mass is 314 g/mol. The molecule has 23 heavy (non-hydrogen) atoms. The van der Waals surface area contributed by atoms with Crippen LogP contribution in [0, 0.1) is 0 Å².